The molecule has 31 heavy (non-hydrogen) atoms. The highest BCUT2D eigenvalue weighted by molar-refractivity contribution is 6.70. The van der Waals surface area contributed by atoms with Crippen molar-refractivity contribution in [1.82, 2.24) is 0 Å². The van der Waals surface area contributed by atoms with Crippen LogP contribution in [0.1, 0.15) is 58.9 Å². The molecule has 0 bridgehead atoms. The highest BCUT2D eigenvalue weighted by Crippen LogP contribution is 2.16. The molecule has 0 fully saturated rings. The summed E-state index contributed by atoms with van der Waals surface area (Å²) < 4.78 is 11.0. The second-order valence-electron chi connectivity index (χ2n) is 7.52. The quantitative estimate of drug-likeness (QED) is 0.341. The van der Waals surface area contributed by atoms with Crippen molar-refractivity contribution >= 4 is 14.3 Å². The summed E-state index contributed by atoms with van der Waals surface area (Å²) in [7, 11) is -1.36. The van der Waals surface area contributed by atoms with E-state index in [9.17, 15) is 4.79 Å². The number of allylic oxidation sites excluding steroid dienone is 6. The summed E-state index contributed by atoms with van der Waals surface area (Å²) in [5.41, 5.74) is 0.980. The van der Waals surface area contributed by atoms with E-state index in [-0.39, 0.29) is 5.97 Å². The average Bonchev–Trinajstić information content (AvgIpc) is 2.78. The van der Waals surface area contributed by atoms with E-state index >= 15 is 0 Å². The van der Waals surface area contributed by atoms with Crippen molar-refractivity contribution in [2.45, 2.75) is 79.4 Å². The van der Waals surface area contributed by atoms with Gasteiger partial charge in [-0.15, -0.1) is 0 Å². The molecule has 3 nitrogen and oxygen atoms in total. The minimum atomic E-state index is -1.36. The Bertz CT molecular complexity index is 723. The van der Waals surface area contributed by atoms with Gasteiger partial charge in [0.1, 0.15) is 5.76 Å². The van der Waals surface area contributed by atoms with Gasteiger partial charge in [0.15, 0.2) is 0 Å². The lowest BCUT2D eigenvalue weighted by atomic mass is 10.1. The molecule has 0 aliphatic heterocycles. The summed E-state index contributed by atoms with van der Waals surface area (Å²) in [5, 5.41) is 0. The van der Waals surface area contributed by atoms with Crippen LogP contribution in [0.4, 0.5) is 0 Å². The number of carbonyl (C=O) groups excluding carboxylic acids is 1. The van der Waals surface area contributed by atoms with E-state index in [1.807, 2.05) is 76.3 Å². The van der Waals surface area contributed by atoms with Gasteiger partial charge in [-0.3, -0.25) is 4.79 Å². The smallest absolute Gasteiger partial charge is 0.315 e. The maximum Gasteiger partial charge on any atom is 0.315 e. The average molecular weight is 443 g/mol. The Morgan fingerprint density at radius 2 is 1.32 bits per heavy atom. The van der Waals surface area contributed by atoms with Crippen LogP contribution in [-0.4, -0.2) is 14.3 Å². The lowest BCUT2D eigenvalue weighted by Crippen LogP contribution is -2.24. The van der Waals surface area contributed by atoms with Gasteiger partial charge in [-0.1, -0.05) is 70.2 Å². The van der Waals surface area contributed by atoms with Crippen LogP contribution in [0.25, 0.3) is 0 Å². The maximum atomic E-state index is 11.6. The fourth-order valence-electron chi connectivity index (χ4n) is 2.61. The van der Waals surface area contributed by atoms with Crippen LogP contribution in [0.5, 0.6) is 0 Å². The Balaban J connectivity index is 0.000000526. The number of esters is 1. The van der Waals surface area contributed by atoms with Gasteiger partial charge in [0.05, 0.1) is 12.2 Å². The molecule has 4 heteroatoms. The number of rotatable bonds is 5. The summed E-state index contributed by atoms with van der Waals surface area (Å²) in [4.78, 5) is 11.6. The summed E-state index contributed by atoms with van der Waals surface area (Å²) in [6.07, 6.45) is 16.9. The fraction of sp³-hybridized carbons (Fsp3) is 0.444. The van der Waals surface area contributed by atoms with Crippen LogP contribution in [0.2, 0.25) is 19.6 Å². The molecular formula is C27H42O3Si. The Labute approximate surface area is 191 Å². The Hall–Kier alpha value is -2.33. The van der Waals surface area contributed by atoms with Crippen molar-refractivity contribution in [1.29, 1.82) is 0 Å². The maximum absolute atomic E-state index is 11.6. The summed E-state index contributed by atoms with van der Waals surface area (Å²) in [5.74, 6) is 1.55. The Kier molecular flexibility index (Phi) is 16.1. The molecule has 0 spiro atoms. The molecule has 0 amide bonds. The van der Waals surface area contributed by atoms with Crippen LogP contribution >= 0.6 is 0 Å². The van der Waals surface area contributed by atoms with E-state index in [2.05, 4.69) is 37.9 Å². The van der Waals surface area contributed by atoms with Gasteiger partial charge in [-0.25, -0.2) is 0 Å². The van der Waals surface area contributed by atoms with Crippen LogP contribution in [-0.2, 0) is 20.4 Å². The molecule has 0 aromatic heterocycles. The van der Waals surface area contributed by atoms with E-state index in [4.69, 9.17) is 9.16 Å². The predicted octanol–water partition coefficient (Wildman–Crippen LogP) is 8.13. The van der Waals surface area contributed by atoms with E-state index in [1.54, 1.807) is 0 Å². The molecule has 2 aliphatic rings. The van der Waals surface area contributed by atoms with Crippen LogP contribution < -0.4 is 0 Å². The van der Waals surface area contributed by atoms with Gasteiger partial charge in [0.2, 0.25) is 8.32 Å². The molecule has 0 N–H and O–H groups in total. The topological polar surface area (TPSA) is 35.5 Å². The molecule has 0 atom stereocenters. The van der Waals surface area contributed by atoms with E-state index in [1.165, 1.54) is 6.42 Å². The largest absolute Gasteiger partial charge is 0.545 e. The van der Waals surface area contributed by atoms with Crippen molar-refractivity contribution in [3.05, 3.63) is 83.9 Å². The third kappa shape index (κ3) is 15.2. The van der Waals surface area contributed by atoms with Gasteiger partial charge >= 0.3 is 5.97 Å². The van der Waals surface area contributed by atoms with Gasteiger partial charge in [-0.05, 0) is 75.2 Å². The van der Waals surface area contributed by atoms with Crippen molar-refractivity contribution in [3.8, 4) is 0 Å². The van der Waals surface area contributed by atoms with Gasteiger partial charge in [0, 0.05) is 0 Å². The predicted molar refractivity (Wildman–Crippen MR) is 136 cm³/mol. The normalized spacial score (nSPS) is 14.2. The van der Waals surface area contributed by atoms with Crippen molar-refractivity contribution < 1.29 is 14.0 Å². The molecule has 1 aromatic carbocycles. The lowest BCUT2D eigenvalue weighted by Gasteiger charge is -2.21. The molecule has 2 aliphatic carbocycles. The van der Waals surface area contributed by atoms with Crippen LogP contribution in [0.15, 0.2) is 78.3 Å². The molecule has 172 valence electrons. The lowest BCUT2D eigenvalue weighted by molar-refractivity contribution is -0.138. The van der Waals surface area contributed by atoms with Gasteiger partial charge in [0.25, 0.3) is 0 Å². The first kappa shape index (κ1) is 28.7. The van der Waals surface area contributed by atoms with Crippen LogP contribution in [0.3, 0.4) is 0 Å². The first-order valence-corrected chi connectivity index (χ1v) is 15.0. The minimum absolute atomic E-state index is 0.205. The van der Waals surface area contributed by atoms with Gasteiger partial charge < -0.3 is 9.16 Å². The number of ether oxygens (including phenoxy) is 1. The zero-order chi connectivity index (χ0) is 23.5. The molecule has 0 heterocycles. The van der Waals surface area contributed by atoms with Crippen LogP contribution in [0, 0.1) is 0 Å². The Morgan fingerprint density at radius 3 is 1.77 bits per heavy atom. The minimum Gasteiger partial charge on any atom is -0.545 e. The molecule has 0 saturated heterocycles. The monoisotopic (exact) mass is 442 g/mol. The van der Waals surface area contributed by atoms with Crippen molar-refractivity contribution in [2.75, 3.05) is 0 Å². The molecule has 3 rings (SSSR count). The summed E-state index contributed by atoms with van der Waals surface area (Å²) >= 11 is 0. The highest BCUT2D eigenvalue weighted by atomic mass is 28.4. The fourth-order valence-corrected chi connectivity index (χ4v) is 3.47. The molecule has 0 saturated carbocycles. The van der Waals surface area contributed by atoms with E-state index in [0.717, 1.165) is 30.6 Å². The number of benzene rings is 1. The number of hydrogen-bond acceptors (Lipinski definition) is 3. The Morgan fingerprint density at radius 1 is 0.806 bits per heavy atom. The second kappa shape index (κ2) is 17.4. The third-order valence-electron chi connectivity index (χ3n) is 3.77. The second-order valence-corrected chi connectivity index (χ2v) is 12.0. The third-order valence-corrected chi connectivity index (χ3v) is 4.62. The zero-order valence-corrected chi connectivity index (χ0v) is 21.6. The van der Waals surface area contributed by atoms with E-state index in [0.29, 0.717) is 12.2 Å². The highest BCUT2D eigenvalue weighted by Gasteiger charge is 2.16. The summed E-state index contributed by atoms with van der Waals surface area (Å²) in [6.45, 7) is 14.6. The molecular weight excluding hydrogens is 400 g/mol. The SMILES string of the molecule is CC.CC.C[Si](C)(C)OC1=CCCC=C1.O=C(Cc1ccccc1)OC1=CCCC=C1. The zero-order valence-electron chi connectivity index (χ0n) is 20.6. The van der Waals surface area contributed by atoms with Crippen molar-refractivity contribution in [3.63, 3.8) is 0 Å². The number of carbonyl (C=O) groups is 1. The van der Waals surface area contributed by atoms with Crippen molar-refractivity contribution in [2.24, 2.45) is 0 Å². The summed E-state index contributed by atoms with van der Waals surface area (Å²) in [6, 6.07) is 9.62. The van der Waals surface area contributed by atoms with Gasteiger partial charge in [-0.2, -0.15) is 0 Å². The number of hydrogen-bond donors (Lipinski definition) is 0. The first-order valence-electron chi connectivity index (χ1n) is 11.6. The molecule has 1 aromatic rings. The molecule has 0 unspecified atom stereocenters. The molecule has 0 radical (unpaired) electrons. The van der Waals surface area contributed by atoms with E-state index < -0.39 is 8.32 Å². The first-order chi connectivity index (χ1) is 14.9. The standard InChI is InChI=1S/C14H14O2.C9H16OSi.2C2H6/c15-14(11-12-7-3-1-4-8-12)16-13-9-5-2-6-10-13;1-11(2,3)10-9-7-5-4-6-8-9;2*1-2/h1,3-5,7-10H,2,6,11H2;5,7-8H,4,6H2,1-3H3;2*1-2H3.